The van der Waals surface area contributed by atoms with E-state index in [4.69, 9.17) is 9.15 Å². The molecular weight excluding hydrogens is 372 g/mol. The van der Waals surface area contributed by atoms with Crippen molar-refractivity contribution in [2.24, 2.45) is 5.10 Å². The summed E-state index contributed by atoms with van der Waals surface area (Å²) in [6.07, 6.45) is 1.63. The van der Waals surface area contributed by atoms with Gasteiger partial charge in [-0.2, -0.15) is 5.10 Å². The maximum Gasteiger partial charge on any atom is 0.307 e. The molecule has 1 N–H and O–H groups in total. The maximum absolute atomic E-state index is 12.1. The summed E-state index contributed by atoms with van der Waals surface area (Å²) < 4.78 is 11.3. The third-order valence-corrected chi connectivity index (χ3v) is 5.19. The standard InChI is InChI=1S/C22H18N2O3S/c1-15-10-11-28-21(15)13-23-24-22(25)20-9-8-19(27-20)14-26-18-7-6-16-4-2-3-5-17(16)12-18/h2-13H,14H2,1H3,(H,24,25)/b23-13-. The summed E-state index contributed by atoms with van der Waals surface area (Å²) >= 11 is 1.57. The molecule has 28 heavy (non-hydrogen) atoms. The Labute approximate surface area is 166 Å². The van der Waals surface area contributed by atoms with Gasteiger partial charge in [0.2, 0.25) is 0 Å². The third-order valence-electron chi connectivity index (χ3n) is 4.24. The van der Waals surface area contributed by atoms with Crippen molar-refractivity contribution in [1.29, 1.82) is 0 Å². The number of furan rings is 1. The molecule has 0 fully saturated rings. The number of nitrogens with zero attached hydrogens (tertiary/aromatic N) is 1. The lowest BCUT2D eigenvalue weighted by molar-refractivity contribution is 0.0923. The second-order valence-electron chi connectivity index (χ2n) is 6.23. The average molecular weight is 390 g/mol. The number of nitrogens with one attached hydrogen (secondary N) is 1. The van der Waals surface area contributed by atoms with Crippen LogP contribution >= 0.6 is 11.3 Å². The minimum absolute atomic E-state index is 0.192. The number of aryl methyl sites for hydroxylation is 1. The van der Waals surface area contributed by atoms with Crippen LogP contribution in [0.15, 0.2) is 75.6 Å². The molecule has 0 spiro atoms. The van der Waals surface area contributed by atoms with Crippen molar-refractivity contribution in [3.05, 3.63) is 88.0 Å². The van der Waals surface area contributed by atoms with E-state index in [1.165, 1.54) is 0 Å². The normalized spacial score (nSPS) is 11.2. The first-order valence-electron chi connectivity index (χ1n) is 8.77. The van der Waals surface area contributed by atoms with Crippen LogP contribution in [0.3, 0.4) is 0 Å². The fraction of sp³-hybridized carbons (Fsp3) is 0.0909. The Morgan fingerprint density at radius 3 is 2.82 bits per heavy atom. The van der Waals surface area contributed by atoms with Crippen LogP contribution in [-0.2, 0) is 6.61 Å². The van der Waals surface area contributed by atoms with Crippen LogP contribution in [0.1, 0.15) is 26.8 Å². The summed E-state index contributed by atoms with van der Waals surface area (Å²) in [5.74, 6) is 1.10. The number of benzene rings is 2. The number of hydrazone groups is 1. The highest BCUT2D eigenvalue weighted by molar-refractivity contribution is 7.11. The molecule has 5 nitrogen and oxygen atoms in total. The molecule has 0 saturated carbocycles. The van der Waals surface area contributed by atoms with E-state index < -0.39 is 5.91 Å². The van der Waals surface area contributed by atoms with E-state index in [1.807, 2.05) is 54.8 Å². The number of fused-ring (bicyclic) bond motifs is 1. The van der Waals surface area contributed by atoms with Gasteiger partial charge in [-0.3, -0.25) is 4.79 Å². The molecule has 4 rings (SSSR count). The van der Waals surface area contributed by atoms with E-state index in [9.17, 15) is 4.79 Å². The molecule has 0 bridgehead atoms. The van der Waals surface area contributed by atoms with Crippen LogP contribution in [0.4, 0.5) is 0 Å². The SMILES string of the molecule is Cc1ccsc1/C=N\NC(=O)c1ccc(COc2ccc3ccccc3c2)o1. The van der Waals surface area contributed by atoms with Crippen LogP contribution in [0.2, 0.25) is 0 Å². The number of hydrogen-bond acceptors (Lipinski definition) is 5. The molecule has 0 aliphatic rings. The predicted octanol–water partition coefficient (Wildman–Crippen LogP) is 5.15. The molecule has 0 unspecified atom stereocenters. The molecular formula is C22H18N2O3S. The van der Waals surface area contributed by atoms with Crippen LogP contribution in [0.25, 0.3) is 10.8 Å². The molecule has 2 heterocycles. The van der Waals surface area contributed by atoms with E-state index in [-0.39, 0.29) is 12.4 Å². The maximum atomic E-state index is 12.1. The van der Waals surface area contributed by atoms with Crippen molar-refractivity contribution >= 4 is 34.2 Å². The van der Waals surface area contributed by atoms with Gasteiger partial charge in [0.15, 0.2) is 5.76 Å². The number of thiophene rings is 1. The van der Waals surface area contributed by atoms with Crippen molar-refractivity contribution in [1.82, 2.24) is 5.43 Å². The van der Waals surface area contributed by atoms with Gasteiger partial charge in [0.05, 0.1) is 6.21 Å². The van der Waals surface area contributed by atoms with E-state index in [0.717, 1.165) is 27.0 Å². The van der Waals surface area contributed by atoms with Gasteiger partial charge in [0.1, 0.15) is 18.1 Å². The van der Waals surface area contributed by atoms with E-state index in [1.54, 1.807) is 29.7 Å². The van der Waals surface area contributed by atoms with Gasteiger partial charge in [0.25, 0.3) is 0 Å². The Bertz CT molecular complexity index is 1140. The zero-order valence-corrected chi connectivity index (χ0v) is 16.0. The molecule has 6 heteroatoms. The van der Waals surface area contributed by atoms with Gasteiger partial charge in [-0.1, -0.05) is 30.3 Å². The number of carbonyl (C=O) groups excluding carboxylic acids is 1. The van der Waals surface area contributed by atoms with Crippen LogP contribution in [0.5, 0.6) is 5.75 Å². The summed E-state index contributed by atoms with van der Waals surface area (Å²) in [6, 6.07) is 19.3. The molecule has 4 aromatic rings. The first-order valence-corrected chi connectivity index (χ1v) is 9.65. The zero-order valence-electron chi connectivity index (χ0n) is 15.2. The summed E-state index contributed by atoms with van der Waals surface area (Å²) in [6.45, 7) is 2.23. The zero-order chi connectivity index (χ0) is 19.3. The smallest absolute Gasteiger partial charge is 0.307 e. The Morgan fingerprint density at radius 2 is 2.00 bits per heavy atom. The molecule has 1 amide bonds. The molecule has 140 valence electrons. The quantitative estimate of drug-likeness (QED) is 0.366. The minimum atomic E-state index is -0.401. The molecule has 2 aromatic heterocycles. The van der Waals surface area contributed by atoms with Crippen molar-refractivity contribution in [3.63, 3.8) is 0 Å². The van der Waals surface area contributed by atoms with Gasteiger partial charge < -0.3 is 9.15 Å². The number of rotatable bonds is 6. The number of carbonyl (C=O) groups is 1. The summed E-state index contributed by atoms with van der Waals surface area (Å²) in [4.78, 5) is 13.1. The lowest BCUT2D eigenvalue weighted by Crippen LogP contribution is -2.16. The van der Waals surface area contributed by atoms with Crippen LogP contribution < -0.4 is 10.2 Å². The van der Waals surface area contributed by atoms with Gasteiger partial charge >= 0.3 is 5.91 Å². The second-order valence-corrected chi connectivity index (χ2v) is 7.18. The molecule has 0 saturated heterocycles. The van der Waals surface area contributed by atoms with Crippen molar-refractivity contribution in [3.8, 4) is 5.75 Å². The largest absolute Gasteiger partial charge is 0.486 e. The average Bonchev–Trinajstić information content (AvgIpc) is 3.35. The number of ether oxygens (including phenoxy) is 1. The fourth-order valence-corrected chi connectivity index (χ4v) is 3.50. The Hall–Kier alpha value is -3.38. The van der Waals surface area contributed by atoms with Gasteiger partial charge in [-0.05, 0) is 59.0 Å². The summed E-state index contributed by atoms with van der Waals surface area (Å²) in [7, 11) is 0. The molecule has 2 aromatic carbocycles. The minimum Gasteiger partial charge on any atom is -0.486 e. The van der Waals surface area contributed by atoms with Crippen molar-refractivity contribution in [2.75, 3.05) is 0 Å². The molecule has 0 aliphatic heterocycles. The highest BCUT2D eigenvalue weighted by atomic mass is 32.1. The topological polar surface area (TPSA) is 63.8 Å². The predicted molar refractivity (Wildman–Crippen MR) is 111 cm³/mol. The molecule has 0 radical (unpaired) electrons. The first kappa shape index (κ1) is 18.0. The molecule has 0 aliphatic carbocycles. The van der Waals surface area contributed by atoms with Gasteiger partial charge in [-0.25, -0.2) is 5.43 Å². The van der Waals surface area contributed by atoms with Gasteiger partial charge in [0, 0.05) is 4.88 Å². The first-order chi connectivity index (χ1) is 13.7. The monoisotopic (exact) mass is 390 g/mol. The van der Waals surface area contributed by atoms with E-state index in [0.29, 0.717) is 5.76 Å². The summed E-state index contributed by atoms with van der Waals surface area (Å²) in [5, 5.41) is 8.22. The highest BCUT2D eigenvalue weighted by Gasteiger charge is 2.11. The molecule has 0 atom stereocenters. The lowest BCUT2D eigenvalue weighted by atomic mass is 10.1. The van der Waals surface area contributed by atoms with Crippen molar-refractivity contribution < 1.29 is 13.9 Å². The van der Waals surface area contributed by atoms with Gasteiger partial charge in [-0.15, -0.1) is 11.3 Å². The second kappa shape index (κ2) is 8.10. The van der Waals surface area contributed by atoms with E-state index >= 15 is 0 Å². The fourth-order valence-electron chi connectivity index (χ4n) is 2.71. The van der Waals surface area contributed by atoms with Crippen LogP contribution in [0, 0.1) is 6.92 Å². The Balaban J connectivity index is 1.35. The number of hydrogen-bond donors (Lipinski definition) is 1. The summed E-state index contributed by atoms with van der Waals surface area (Å²) in [5.41, 5.74) is 3.59. The Kier molecular flexibility index (Phi) is 5.21. The van der Waals surface area contributed by atoms with Crippen molar-refractivity contribution in [2.45, 2.75) is 13.5 Å². The van der Waals surface area contributed by atoms with Crippen LogP contribution in [-0.4, -0.2) is 12.1 Å². The Morgan fingerprint density at radius 1 is 1.14 bits per heavy atom. The lowest BCUT2D eigenvalue weighted by Gasteiger charge is -2.05. The van der Waals surface area contributed by atoms with E-state index in [2.05, 4.69) is 16.6 Å². The highest BCUT2D eigenvalue weighted by Crippen LogP contribution is 2.21. The third kappa shape index (κ3) is 4.13. The number of amides is 1.